The zero-order valence-electron chi connectivity index (χ0n) is 10.6. The Morgan fingerprint density at radius 1 is 1.35 bits per heavy atom. The highest BCUT2D eigenvalue weighted by Crippen LogP contribution is 2.22. The second-order valence-electron chi connectivity index (χ2n) is 3.86. The third kappa shape index (κ3) is 6.24. The molecule has 0 bridgehead atoms. The molecule has 0 saturated heterocycles. The fourth-order valence-electron chi connectivity index (χ4n) is 1.40. The second-order valence-corrected chi connectivity index (χ2v) is 3.86. The number of carboxylic acids is 1. The third-order valence-corrected chi connectivity index (χ3v) is 2.18. The molecule has 0 aliphatic heterocycles. The van der Waals surface area contributed by atoms with E-state index in [4.69, 9.17) is 9.84 Å². The van der Waals surface area contributed by atoms with Gasteiger partial charge in [0.2, 0.25) is 0 Å². The fraction of sp³-hybridized carbons (Fsp3) is 0.308. The van der Waals surface area contributed by atoms with Crippen molar-refractivity contribution in [2.75, 3.05) is 13.2 Å². The number of aryl methyl sites for hydroxylation is 1. The average molecular weight is 290 g/mol. The number of aliphatic carboxylic acids is 1. The van der Waals surface area contributed by atoms with Gasteiger partial charge in [0.05, 0.1) is 6.61 Å². The highest BCUT2D eigenvalue weighted by Gasteiger charge is 2.28. The van der Waals surface area contributed by atoms with Crippen molar-refractivity contribution >= 4 is 12.0 Å². The standard InChI is InChI=1S/C13H13F3O4/c1-9-2-4-11(10(8-9)3-5-12(17)18)19-6-7-20-13(14,15)16/h2-5,8H,6-7H2,1H3,(H,17,18). The van der Waals surface area contributed by atoms with Gasteiger partial charge in [0.25, 0.3) is 0 Å². The Balaban J connectivity index is 2.67. The van der Waals surface area contributed by atoms with Gasteiger partial charge < -0.3 is 9.84 Å². The van der Waals surface area contributed by atoms with Crippen LogP contribution in [-0.2, 0) is 9.53 Å². The molecule has 1 aromatic rings. The molecule has 0 aliphatic rings. The molecule has 0 aliphatic carbocycles. The van der Waals surface area contributed by atoms with Crippen LogP contribution in [0.1, 0.15) is 11.1 Å². The summed E-state index contributed by atoms with van der Waals surface area (Å²) in [6, 6.07) is 4.93. The zero-order valence-corrected chi connectivity index (χ0v) is 10.6. The van der Waals surface area contributed by atoms with Crippen molar-refractivity contribution < 1.29 is 32.5 Å². The van der Waals surface area contributed by atoms with E-state index in [1.54, 1.807) is 25.1 Å². The minimum atomic E-state index is -4.69. The number of ether oxygens (including phenoxy) is 2. The normalized spacial score (nSPS) is 11.8. The molecule has 7 heteroatoms. The number of alkyl halides is 3. The Morgan fingerprint density at radius 2 is 2.05 bits per heavy atom. The van der Waals surface area contributed by atoms with Gasteiger partial charge in [0, 0.05) is 11.6 Å². The van der Waals surface area contributed by atoms with Crippen LogP contribution in [0, 0.1) is 6.92 Å². The molecule has 0 saturated carbocycles. The molecule has 0 aromatic heterocycles. The van der Waals surface area contributed by atoms with Crippen LogP contribution in [-0.4, -0.2) is 30.7 Å². The molecule has 0 heterocycles. The van der Waals surface area contributed by atoms with Gasteiger partial charge in [-0.2, -0.15) is 0 Å². The van der Waals surface area contributed by atoms with E-state index < -0.39 is 18.9 Å². The van der Waals surface area contributed by atoms with E-state index in [0.717, 1.165) is 11.6 Å². The average Bonchev–Trinajstić information content (AvgIpc) is 2.32. The van der Waals surface area contributed by atoms with E-state index in [9.17, 15) is 18.0 Å². The van der Waals surface area contributed by atoms with Gasteiger partial charge in [-0.3, -0.25) is 4.74 Å². The van der Waals surface area contributed by atoms with Gasteiger partial charge in [-0.15, -0.1) is 13.2 Å². The van der Waals surface area contributed by atoms with Crippen LogP contribution < -0.4 is 4.74 Å². The fourth-order valence-corrected chi connectivity index (χ4v) is 1.40. The van der Waals surface area contributed by atoms with Crippen molar-refractivity contribution in [2.45, 2.75) is 13.3 Å². The first-order valence-electron chi connectivity index (χ1n) is 5.63. The molecule has 4 nitrogen and oxygen atoms in total. The van der Waals surface area contributed by atoms with Crippen molar-refractivity contribution in [2.24, 2.45) is 0 Å². The molecular weight excluding hydrogens is 277 g/mol. The van der Waals surface area contributed by atoms with Crippen LogP contribution in [0.25, 0.3) is 6.08 Å². The lowest BCUT2D eigenvalue weighted by Gasteiger charge is -2.11. The summed E-state index contributed by atoms with van der Waals surface area (Å²) in [5.41, 5.74) is 1.34. The van der Waals surface area contributed by atoms with Crippen molar-refractivity contribution in [3.63, 3.8) is 0 Å². The van der Waals surface area contributed by atoms with Crippen LogP contribution in [0.5, 0.6) is 5.75 Å². The predicted molar refractivity (Wildman–Crippen MR) is 65.4 cm³/mol. The van der Waals surface area contributed by atoms with E-state index in [1.807, 2.05) is 0 Å². The third-order valence-electron chi connectivity index (χ3n) is 2.18. The summed E-state index contributed by atoms with van der Waals surface area (Å²) in [6.07, 6.45) is -2.45. The summed E-state index contributed by atoms with van der Waals surface area (Å²) in [7, 11) is 0. The van der Waals surface area contributed by atoms with Crippen LogP contribution in [0.3, 0.4) is 0 Å². The molecule has 110 valence electrons. The minimum Gasteiger partial charge on any atom is -0.491 e. The van der Waals surface area contributed by atoms with Crippen LogP contribution in [0.15, 0.2) is 24.3 Å². The molecule has 0 fully saturated rings. The molecule has 0 radical (unpaired) electrons. The first kappa shape index (κ1) is 16.0. The van der Waals surface area contributed by atoms with E-state index in [0.29, 0.717) is 11.3 Å². The highest BCUT2D eigenvalue weighted by molar-refractivity contribution is 5.85. The summed E-state index contributed by atoms with van der Waals surface area (Å²) in [6.45, 7) is 0.866. The number of hydrogen-bond donors (Lipinski definition) is 1. The van der Waals surface area contributed by atoms with Gasteiger partial charge in [-0.1, -0.05) is 11.6 Å². The molecule has 0 unspecified atom stereocenters. The lowest BCUT2D eigenvalue weighted by molar-refractivity contribution is -0.325. The van der Waals surface area contributed by atoms with Crippen molar-refractivity contribution in [3.8, 4) is 5.75 Å². The number of rotatable bonds is 6. The van der Waals surface area contributed by atoms with E-state index in [2.05, 4.69) is 4.74 Å². The molecule has 20 heavy (non-hydrogen) atoms. The molecule has 1 rings (SSSR count). The number of halogens is 3. The topological polar surface area (TPSA) is 55.8 Å². The maximum atomic E-state index is 11.8. The lowest BCUT2D eigenvalue weighted by Crippen LogP contribution is -2.18. The Labute approximate surface area is 113 Å². The molecule has 1 N–H and O–H groups in total. The molecular formula is C13H13F3O4. The number of hydrogen-bond acceptors (Lipinski definition) is 3. The van der Waals surface area contributed by atoms with Gasteiger partial charge in [0.1, 0.15) is 12.4 Å². The van der Waals surface area contributed by atoms with Crippen molar-refractivity contribution in [1.82, 2.24) is 0 Å². The quantitative estimate of drug-likeness (QED) is 0.646. The van der Waals surface area contributed by atoms with E-state index >= 15 is 0 Å². The zero-order chi connectivity index (χ0) is 15.2. The van der Waals surface area contributed by atoms with E-state index in [1.165, 1.54) is 6.08 Å². The smallest absolute Gasteiger partial charge is 0.491 e. The highest BCUT2D eigenvalue weighted by atomic mass is 19.4. The van der Waals surface area contributed by atoms with Crippen LogP contribution in [0.4, 0.5) is 13.2 Å². The Hall–Kier alpha value is -2.02. The Morgan fingerprint density at radius 3 is 2.65 bits per heavy atom. The number of carbonyl (C=O) groups is 1. The van der Waals surface area contributed by atoms with Gasteiger partial charge in [0.15, 0.2) is 0 Å². The maximum absolute atomic E-state index is 11.8. The number of carboxylic acid groups (broad SMARTS) is 1. The summed E-state index contributed by atoms with van der Waals surface area (Å²) < 4.78 is 44.0. The molecule has 1 aromatic carbocycles. The maximum Gasteiger partial charge on any atom is 0.522 e. The van der Waals surface area contributed by atoms with Crippen LogP contribution >= 0.6 is 0 Å². The van der Waals surface area contributed by atoms with Gasteiger partial charge >= 0.3 is 12.3 Å². The summed E-state index contributed by atoms with van der Waals surface area (Å²) in [5, 5.41) is 8.57. The first-order valence-corrected chi connectivity index (χ1v) is 5.63. The monoisotopic (exact) mass is 290 g/mol. The first-order chi connectivity index (χ1) is 9.28. The Kier molecular flexibility index (Phi) is 5.57. The van der Waals surface area contributed by atoms with Gasteiger partial charge in [-0.05, 0) is 25.1 Å². The molecule has 0 amide bonds. The SMILES string of the molecule is Cc1ccc(OCCOC(F)(F)F)c(C=CC(=O)O)c1. The van der Waals surface area contributed by atoms with Crippen molar-refractivity contribution in [1.29, 1.82) is 0 Å². The summed E-state index contributed by atoms with van der Waals surface area (Å²) >= 11 is 0. The van der Waals surface area contributed by atoms with Gasteiger partial charge in [-0.25, -0.2) is 4.79 Å². The molecule has 0 spiro atoms. The second kappa shape index (κ2) is 6.95. The Bertz CT molecular complexity index is 495. The minimum absolute atomic E-state index is 0.291. The number of benzene rings is 1. The predicted octanol–water partition coefficient (Wildman–Crippen LogP) is 3.01. The van der Waals surface area contributed by atoms with E-state index in [-0.39, 0.29) is 6.61 Å². The summed E-state index contributed by atoms with van der Waals surface area (Å²) in [4.78, 5) is 10.5. The largest absolute Gasteiger partial charge is 0.522 e. The molecule has 0 atom stereocenters. The lowest BCUT2D eigenvalue weighted by atomic mass is 10.1. The van der Waals surface area contributed by atoms with Crippen molar-refractivity contribution in [3.05, 3.63) is 35.4 Å². The van der Waals surface area contributed by atoms with Crippen LogP contribution in [0.2, 0.25) is 0 Å². The summed E-state index contributed by atoms with van der Waals surface area (Å²) in [5.74, 6) is -0.836.